The quantitative estimate of drug-likeness (QED) is 0.813. The Morgan fingerprint density at radius 1 is 1.26 bits per heavy atom. The van der Waals surface area contributed by atoms with Gasteiger partial charge in [-0.3, -0.25) is 9.59 Å². The molecule has 2 unspecified atom stereocenters. The molecule has 2 saturated heterocycles. The molecule has 0 aromatic heterocycles. The van der Waals surface area contributed by atoms with E-state index in [1.54, 1.807) is 28.9 Å². The van der Waals surface area contributed by atoms with Crippen LogP contribution in [0, 0.1) is 11.7 Å². The van der Waals surface area contributed by atoms with Crippen LogP contribution < -0.4 is 10.2 Å². The van der Waals surface area contributed by atoms with Crippen LogP contribution in [0.3, 0.4) is 0 Å². The Morgan fingerprint density at radius 2 is 2.00 bits per heavy atom. The van der Waals surface area contributed by atoms with Crippen LogP contribution in [0.4, 0.5) is 14.9 Å². The summed E-state index contributed by atoms with van der Waals surface area (Å²) in [6.45, 7) is 3.32. The number of urea groups is 1. The normalized spacial score (nSPS) is 22.7. The van der Waals surface area contributed by atoms with Crippen molar-refractivity contribution in [3.8, 4) is 0 Å². The summed E-state index contributed by atoms with van der Waals surface area (Å²) in [6.07, 6.45) is 1.64. The molecule has 1 N–H and O–H groups in total. The van der Waals surface area contributed by atoms with E-state index < -0.39 is 0 Å². The van der Waals surface area contributed by atoms with E-state index >= 15 is 0 Å². The molecule has 7 nitrogen and oxygen atoms in total. The van der Waals surface area contributed by atoms with E-state index in [0.717, 1.165) is 6.42 Å². The molecular weight excluding hydrogens is 353 g/mol. The smallest absolute Gasteiger partial charge is 0.317 e. The van der Waals surface area contributed by atoms with Crippen molar-refractivity contribution in [1.29, 1.82) is 0 Å². The molecule has 2 atom stereocenters. The number of carbonyl (C=O) groups excluding carboxylic acids is 3. The van der Waals surface area contributed by atoms with E-state index in [-0.39, 0.29) is 42.1 Å². The van der Waals surface area contributed by atoms with Gasteiger partial charge in [-0.25, -0.2) is 9.18 Å². The van der Waals surface area contributed by atoms with Gasteiger partial charge in [-0.05, 0) is 44.0 Å². The first-order valence-electron chi connectivity index (χ1n) is 9.26. The third-order valence-corrected chi connectivity index (χ3v) is 4.92. The van der Waals surface area contributed by atoms with Crippen LogP contribution in [0.1, 0.15) is 26.2 Å². The molecule has 0 spiro atoms. The average molecular weight is 377 g/mol. The molecule has 0 saturated carbocycles. The monoisotopic (exact) mass is 377 g/mol. The van der Waals surface area contributed by atoms with Crippen molar-refractivity contribution >= 4 is 23.6 Å². The first-order valence-corrected chi connectivity index (χ1v) is 9.26. The Balaban J connectivity index is 1.56. The minimum Gasteiger partial charge on any atom is -0.466 e. The maximum absolute atomic E-state index is 13.1. The highest BCUT2D eigenvalue weighted by atomic mass is 19.1. The molecular formula is C19H24FN3O4. The lowest BCUT2D eigenvalue weighted by molar-refractivity contribution is -0.149. The first-order chi connectivity index (χ1) is 13.0. The number of carbonyl (C=O) groups is 3. The van der Waals surface area contributed by atoms with Gasteiger partial charge in [-0.2, -0.15) is 0 Å². The molecule has 0 bridgehead atoms. The van der Waals surface area contributed by atoms with Gasteiger partial charge in [0.25, 0.3) is 0 Å². The van der Waals surface area contributed by atoms with Crippen molar-refractivity contribution in [2.24, 2.45) is 5.92 Å². The number of piperidine rings is 1. The molecule has 2 aliphatic heterocycles. The second-order valence-electron chi connectivity index (χ2n) is 6.87. The molecule has 3 rings (SSSR count). The van der Waals surface area contributed by atoms with Crippen LogP contribution in [0.5, 0.6) is 0 Å². The predicted molar refractivity (Wildman–Crippen MR) is 96.6 cm³/mol. The zero-order chi connectivity index (χ0) is 19.4. The van der Waals surface area contributed by atoms with Crippen molar-refractivity contribution in [2.45, 2.75) is 32.2 Å². The molecule has 3 amide bonds. The number of nitrogens with one attached hydrogen (secondary N) is 1. The van der Waals surface area contributed by atoms with Gasteiger partial charge in [0.15, 0.2) is 0 Å². The largest absolute Gasteiger partial charge is 0.466 e. The summed E-state index contributed by atoms with van der Waals surface area (Å²) >= 11 is 0. The highest BCUT2D eigenvalue weighted by Gasteiger charge is 2.34. The SMILES string of the molecule is CCOC(=O)C1CCCN(C(=O)NC2CC(=O)N(c3ccc(F)cc3)C2)C1. The fourth-order valence-corrected chi connectivity index (χ4v) is 3.55. The van der Waals surface area contributed by atoms with Crippen LogP contribution >= 0.6 is 0 Å². The van der Waals surface area contributed by atoms with E-state index in [4.69, 9.17) is 4.74 Å². The number of halogens is 1. The van der Waals surface area contributed by atoms with Crippen LogP contribution in [0.25, 0.3) is 0 Å². The second-order valence-corrected chi connectivity index (χ2v) is 6.87. The summed E-state index contributed by atoms with van der Waals surface area (Å²) in [5, 5.41) is 2.88. The van der Waals surface area contributed by atoms with Gasteiger partial charge in [-0.1, -0.05) is 0 Å². The van der Waals surface area contributed by atoms with Gasteiger partial charge in [0.1, 0.15) is 5.82 Å². The number of anilines is 1. The van der Waals surface area contributed by atoms with Crippen LogP contribution in [-0.4, -0.2) is 55.1 Å². The molecule has 1 aromatic carbocycles. The molecule has 0 radical (unpaired) electrons. The molecule has 8 heteroatoms. The maximum Gasteiger partial charge on any atom is 0.317 e. The molecule has 2 aliphatic rings. The van der Waals surface area contributed by atoms with Gasteiger partial charge < -0.3 is 19.9 Å². The number of hydrogen-bond acceptors (Lipinski definition) is 4. The highest BCUT2D eigenvalue weighted by Crippen LogP contribution is 2.23. The number of rotatable bonds is 4. The minimum absolute atomic E-state index is 0.116. The van der Waals surface area contributed by atoms with Crippen LogP contribution in [0.15, 0.2) is 24.3 Å². The van der Waals surface area contributed by atoms with Crippen molar-refractivity contribution in [1.82, 2.24) is 10.2 Å². The third kappa shape index (κ3) is 4.56. The number of nitrogens with zero attached hydrogens (tertiary/aromatic N) is 2. The Hall–Kier alpha value is -2.64. The minimum atomic E-state index is -0.364. The third-order valence-electron chi connectivity index (χ3n) is 4.92. The summed E-state index contributed by atoms with van der Waals surface area (Å²) in [6, 6.07) is 5.11. The van der Waals surface area contributed by atoms with Crippen LogP contribution in [-0.2, 0) is 14.3 Å². The molecule has 2 heterocycles. The van der Waals surface area contributed by atoms with Gasteiger partial charge in [-0.15, -0.1) is 0 Å². The Labute approximate surface area is 157 Å². The Morgan fingerprint density at radius 3 is 2.70 bits per heavy atom. The lowest BCUT2D eigenvalue weighted by atomic mass is 9.98. The Bertz CT molecular complexity index is 709. The standard InChI is InChI=1S/C19H24FN3O4/c1-2-27-18(25)13-4-3-9-22(11-13)19(26)21-15-10-17(24)23(12-15)16-7-5-14(20)6-8-16/h5-8,13,15H,2-4,9-12H2,1H3,(H,21,26). The zero-order valence-corrected chi connectivity index (χ0v) is 15.3. The van der Waals surface area contributed by atoms with E-state index in [2.05, 4.69) is 5.32 Å². The average Bonchev–Trinajstić information content (AvgIpc) is 3.02. The maximum atomic E-state index is 13.1. The molecule has 146 valence electrons. The number of benzene rings is 1. The van der Waals surface area contributed by atoms with Crippen molar-refractivity contribution in [3.63, 3.8) is 0 Å². The van der Waals surface area contributed by atoms with Crippen molar-refractivity contribution in [2.75, 3.05) is 31.1 Å². The number of hydrogen-bond donors (Lipinski definition) is 1. The van der Waals surface area contributed by atoms with E-state index in [1.165, 1.54) is 12.1 Å². The molecule has 1 aromatic rings. The summed E-state index contributed by atoms with van der Waals surface area (Å²) in [7, 11) is 0. The number of likely N-dealkylation sites (tertiary alicyclic amines) is 1. The van der Waals surface area contributed by atoms with Crippen molar-refractivity contribution < 1.29 is 23.5 Å². The number of ether oxygens (including phenoxy) is 1. The zero-order valence-electron chi connectivity index (χ0n) is 15.3. The molecule has 0 aliphatic carbocycles. The second kappa shape index (κ2) is 8.37. The summed E-state index contributed by atoms with van der Waals surface area (Å²) in [5.74, 6) is -1.05. The highest BCUT2D eigenvalue weighted by molar-refractivity contribution is 5.96. The van der Waals surface area contributed by atoms with Gasteiger partial charge in [0.05, 0.1) is 18.6 Å². The summed E-state index contributed by atoms with van der Waals surface area (Å²) in [5.41, 5.74) is 0.610. The van der Waals surface area contributed by atoms with E-state index in [9.17, 15) is 18.8 Å². The van der Waals surface area contributed by atoms with E-state index in [1.807, 2.05) is 0 Å². The molecule has 2 fully saturated rings. The van der Waals surface area contributed by atoms with Gasteiger partial charge in [0, 0.05) is 31.7 Å². The Kier molecular flexibility index (Phi) is 5.93. The number of amides is 3. The summed E-state index contributed by atoms with van der Waals surface area (Å²) < 4.78 is 18.1. The number of esters is 1. The first kappa shape index (κ1) is 19.1. The van der Waals surface area contributed by atoms with Gasteiger partial charge >= 0.3 is 12.0 Å². The fourth-order valence-electron chi connectivity index (χ4n) is 3.55. The van der Waals surface area contributed by atoms with Crippen LogP contribution in [0.2, 0.25) is 0 Å². The topological polar surface area (TPSA) is 79.0 Å². The lowest BCUT2D eigenvalue weighted by Crippen LogP contribution is -2.50. The summed E-state index contributed by atoms with van der Waals surface area (Å²) in [4.78, 5) is 39.9. The lowest BCUT2D eigenvalue weighted by Gasteiger charge is -2.32. The fraction of sp³-hybridized carbons (Fsp3) is 0.526. The predicted octanol–water partition coefficient (Wildman–Crippen LogP) is 1.92. The van der Waals surface area contributed by atoms with Crippen molar-refractivity contribution in [3.05, 3.63) is 30.1 Å². The van der Waals surface area contributed by atoms with E-state index in [0.29, 0.717) is 38.3 Å². The van der Waals surface area contributed by atoms with Gasteiger partial charge in [0.2, 0.25) is 5.91 Å². The molecule has 27 heavy (non-hydrogen) atoms.